The molecule has 6 heteroatoms. The van der Waals surface area contributed by atoms with Gasteiger partial charge in [-0.3, -0.25) is 4.79 Å². The summed E-state index contributed by atoms with van der Waals surface area (Å²) in [6.07, 6.45) is -0.0285. The molecule has 1 rings (SSSR count). The molecule has 0 atom stereocenters. The summed E-state index contributed by atoms with van der Waals surface area (Å²) in [5.74, 6) is -0.893. The number of aliphatic carboxylic acids is 1. The first-order valence-electron chi connectivity index (χ1n) is 5.82. The van der Waals surface area contributed by atoms with Crippen LogP contribution in [0.15, 0.2) is 11.4 Å². The normalized spacial score (nSPS) is 10.1. The van der Waals surface area contributed by atoms with E-state index in [0.717, 1.165) is 10.4 Å². The van der Waals surface area contributed by atoms with Crippen LogP contribution in [-0.2, 0) is 11.3 Å². The molecule has 0 spiro atoms. The molecule has 18 heavy (non-hydrogen) atoms. The molecule has 0 aromatic carbocycles. The van der Waals surface area contributed by atoms with E-state index in [9.17, 15) is 9.59 Å². The number of hydrogen-bond donors (Lipinski definition) is 2. The standard InChI is InChI=1S/C12H18N2O3S/c1-3-14(6-4-11(15)16)12(17)13-8-10-9(2)5-7-18-10/h5,7H,3-4,6,8H2,1-2H3,(H,13,17)(H,15,16). The molecule has 2 N–H and O–H groups in total. The predicted octanol–water partition coefficient (Wildman–Crippen LogP) is 2.06. The molecule has 1 aromatic rings. The molecule has 100 valence electrons. The number of urea groups is 1. The number of carboxylic acids is 1. The number of amides is 2. The summed E-state index contributed by atoms with van der Waals surface area (Å²) in [7, 11) is 0. The molecule has 0 aliphatic heterocycles. The topological polar surface area (TPSA) is 69.6 Å². The highest BCUT2D eigenvalue weighted by atomic mass is 32.1. The summed E-state index contributed by atoms with van der Waals surface area (Å²) in [6.45, 7) is 5.06. The fourth-order valence-electron chi connectivity index (χ4n) is 1.49. The highest BCUT2D eigenvalue weighted by Gasteiger charge is 2.12. The molecule has 5 nitrogen and oxygen atoms in total. The van der Waals surface area contributed by atoms with E-state index in [0.29, 0.717) is 13.1 Å². The lowest BCUT2D eigenvalue weighted by Gasteiger charge is -2.20. The maximum absolute atomic E-state index is 11.8. The largest absolute Gasteiger partial charge is 0.481 e. The van der Waals surface area contributed by atoms with Gasteiger partial charge in [0.2, 0.25) is 0 Å². The maximum atomic E-state index is 11.8. The molecule has 0 fully saturated rings. The van der Waals surface area contributed by atoms with Gasteiger partial charge in [-0.1, -0.05) is 0 Å². The van der Waals surface area contributed by atoms with E-state index >= 15 is 0 Å². The van der Waals surface area contributed by atoms with Crippen molar-refractivity contribution in [3.05, 3.63) is 21.9 Å². The molecule has 1 heterocycles. The first-order valence-corrected chi connectivity index (χ1v) is 6.70. The van der Waals surface area contributed by atoms with Crippen molar-refractivity contribution in [1.82, 2.24) is 10.2 Å². The third-order valence-corrected chi connectivity index (χ3v) is 3.66. The van der Waals surface area contributed by atoms with Gasteiger partial charge in [0.1, 0.15) is 0 Å². The van der Waals surface area contributed by atoms with Gasteiger partial charge in [-0.15, -0.1) is 11.3 Å². The highest BCUT2D eigenvalue weighted by Crippen LogP contribution is 2.14. The molecule has 0 unspecified atom stereocenters. The van der Waals surface area contributed by atoms with Gasteiger partial charge in [0.25, 0.3) is 0 Å². The Balaban J connectivity index is 2.42. The number of rotatable bonds is 6. The summed E-state index contributed by atoms with van der Waals surface area (Å²) in [4.78, 5) is 24.9. The van der Waals surface area contributed by atoms with Gasteiger partial charge >= 0.3 is 12.0 Å². The van der Waals surface area contributed by atoms with Crippen LogP contribution in [0.25, 0.3) is 0 Å². The second-order valence-corrected chi connectivity index (χ2v) is 4.91. The number of nitrogens with zero attached hydrogens (tertiary/aromatic N) is 1. The second-order valence-electron chi connectivity index (χ2n) is 3.91. The summed E-state index contributed by atoms with van der Waals surface area (Å²) in [5, 5.41) is 13.4. The zero-order valence-corrected chi connectivity index (χ0v) is 11.4. The molecule has 0 aliphatic rings. The number of hydrogen-bond acceptors (Lipinski definition) is 3. The van der Waals surface area contributed by atoms with Crippen molar-refractivity contribution in [1.29, 1.82) is 0 Å². The first-order chi connectivity index (χ1) is 8.54. The molecule has 0 bridgehead atoms. The van der Waals surface area contributed by atoms with Gasteiger partial charge in [-0.05, 0) is 30.9 Å². The molecular formula is C12H18N2O3S. The van der Waals surface area contributed by atoms with Crippen molar-refractivity contribution >= 4 is 23.3 Å². The number of thiophene rings is 1. The van der Waals surface area contributed by atoms with Crippen LogP contribution in [0, 0.1) is 6.92 Å². The van der Waals surface area contributed by atoms with E-state index in [1.807, 2.05) is 25.3 Å². The van der Waals surface area contributed by atoms with E-state index < -0.39 is 5.97 Å². The van der Waals surface area contributed by atoms with Crippen molar-refractivity contribution in [3.63, 3.8) is 0 Å². The van der Waals surface area contributed by atoms with Crippen LogP contribution in [0.1, 0.15) is 23.8 Å². The van der Waals surface area contributed by atoms with Crippen LogP contribution in [0.5, 0.6) is 0 Å². The van der Waals surface area contributed by atoms with E-state index in [2.05, 4.69) is 5.32 Å². The fourth-order valence-corrected chi connectivity index (χ4v) is 2.33. The van der Waals surface area contributed by atoms with Crippen LogP contribution in [0.4, 0.5) is 4.79 Å². The van der Waals surface area contributed by atoms with Gasteiger partial charge in [-0.2, -0.15) is 0 Å². The fraction of sp³-hybridized carbons (Fsp3) is 0.500. The molecule has 2 amide bonds. The SMILES string of the molecule is CCN(CCC(=O)O)C(=O)NCc1sccc1C. The Kier molecular flexibility index (Phi) is 5.64. The van der Waals surface area contributed by atoms with Crippen molar-refractivity contribution in [2.75, 3.05) is 13.1 Å². The quantitative estimate of drug-likeness (QED) is 0.831. The Labute approximate surface area is 110 Å². The summed E-state index contributed by atoms with van der Waals surface area (Å²) < 4.78 is 0. The van der Waals surface area contributed by atoms with Gasteiger partial charge in [0, 0.05) is 18.0 Å². The number of carbonyl (C=O) groups excluding carboxylic acids is 1. The average Bonchev–Trinajstić information content (AvgIpc) is 2.72. The summed E-state index contributed by atoms with van der Waals surface area (Å²) in [5.41, 5.74) is 1.16. The Morgan fingerprint density at radius 3 is 2.72 bits per heavy atom. The third kappa shape index (κ3) is 4.37. The lowest BCUT2D eigenvalue weighted by Crippen LogP contribution is -2.40. The summed E-state index contributed by atoms with van der Waals surface area (Å²) >= 11 is 1.60. The minimum atomic E-state index is -0.893. The summed E-state index contributed by atoms with van der Waals surface area (Å²) in [6, 6.07) is 1.79. The average molecular weight is 270 g/mol. The van der Waals surface area contributed by atoms with Gasteiger partial charge in [0.15, 0.2) is 0 Å². The number of aryl methyl sites for hydroxylation is 1. The minimum Gasteiger partial charge on any atom is -0.481 e. The zero-order chi connectivity index (χ0) is 13.5. The van der Waals surface area contributed by atoms with Gasteiger partial charge in [0.05, 0.1) is 13.0 Å². The maximum Gasteiger partial charge on any atom is 0.317 e. The van der Waals surface area contributed by atoms with E-state index in [1.165, 1.54) is 4.90 Å². The lowest BCUT2D eigenvalue weighted by atomic mass is 10.3. The van der Waals surface area contributed by atoms with E-state index in [4.69, 9.17) is 5.11 Å². The number of carboxylic acid groups (broad SMARTS) is 1. The molecule has 0 saturated carbocycles. The smallest absolute Gasteiger partial charge is 0.317 e. The minimum absolute atomic E-state index is 0.0285. The van der Waals surface area contributed by atoms with Crippen LogP contribution < -0.4 is 5.32 Å². The van der Waals surface area contributed by atoms with Gasteiger partial charge < -0.3 is 15.3 Å². The monoisotopic (exact) mass is 270 g/mol. The lowest BCUT2D eigenvalue weighted by molar-refractivity contribution is -0.137. The Bertz CT molecular complexity index is 417. The van der Waals surface area contributed by atoms with Crippen molar-refractivity contribution in [3.8, 4) is 0 Å². The molecule has 0 saturated heterocycles. The van der Waals surface area contributed by atoms with Crippen LogP contribution >= 0.6 is 11.3 Å². The van der Waals surface area contributed by atoms with E-state index in [1.54, 1.807) is 11.3 Å². The van der Waals surface area contributed by atoms with E-state index in [-0.39, 0.29) is 19.0 Å². The van der Waals surface area contributed by atoms with Crippen molar-refractivity contribution in [2.45, 2.75) is 26.8 Å². The van der Waals surface area contributed by atoms with Crippen LogP contribution in [0.2, 0.25) is 0 Å². The van der Waals surface area contributed by atoms with Crippen LogP contribution in [-0.4, -0.2) is 35.1 Å². The Morgan fingerprint density at radius 2 is 2.22 bits per heavy atom. The van der Waals surface area contributed by atoms with Gasteiger partial charge in [-0.25, -0.2) is 4.79 Å². The molecular weight excluding hydrogens is 252 g/mol. The Hall–Kier alpha value is -1.56. The molecule has 1 aromatic heterocycles. The molecule has 0 radical (unpaired) electrons. The highest BCUT2D eigenvalue weighted by molar-refractivity contribution is 7.10. The van der Waals surface area contributed by atoms with Crippen molar-refractivity contribution < 1.29 is 14.7 Å². The Morgan fingerprint density at radius 1 is 1.50 bits per heavy atom. The number of carbonyl (C=O) groups is 2. The third-order valence-electron chi connectivity index (χ3n) is 2.63. The number of nitrogens with one attached hydrogen (secondary N) is 1. The second kappa shape index (κ2) is 7.00. The zero-order valence-electron chi connectivity index (χ0n) is 10.6. The molecule has 0 aliphatic carbocycles. The first kappa shape index (κ1) is 14.5. The van der Waals surface area contributed by atoms with Crippen LogP contribution in [0.3, 0.4) is 0 Å². The van der Waals surface area contributed by atoms with Crippen molar-refractivity contribution in [2.24, 2.45) is 0 Å². The predicted molar refractivity (Wildman–Crippen MR) is 70.8 cm³/mol.